The van der Waals surface area contributed by atoms with E-state index in [0.29, 0.717) is 29.0 Å². The molecule has 0 radical (unpaired) electrons. The Morgan fingerprint density at radius 3 is 2.60 bits per heavy atom. The van der Waals surface area contributed by atoms with Crippen LogP contribution in [0.1, 0.15) is 92.9 Å². The van der Waals surface area contributed by atoms with Crippen LogP contribution >= 0.6 is 0 Å². The Bertz CT molecular complexity index is 767. The van der Waals surface area contributed by atoms with Crippen molar-refractivity contribution >= 4 is 5.78 Å². The molecule has 0 aromatic heterocycles. The summed E-state index contributed by atoms with van der Waals surface area (Å²) in [5.41, 5.74) is 3.54. The Morgan fingerprint density at radius 2 is 1.90 bits per heavy atom. The number of hydrogen-bond donors (Lipinski definition) is 0. The average Bonchev–Trinajstić information content (AvgIpc) is 3.05. The van der Waals surface area contributed by atoms with Gasteiger partial charge in [-0.15, -0.1) is 0 Å². The Hall–Kier alpha value is -1.11. The molecule has 2 fully saturated rings. The minimum atomic E-state index is 0.233. The highest BCUT2D eigenvalue weighted by atomic mass is 16.1. The van der Waals surface area contributed by atoms with E-state index in [0.717, 1.165) is 11.8 Å². The van der Waals surface area contributed by atoms with E-state index in [2.05, 4.69) is 65.8 Å². The van der Waals surface area contributed by atoms with E-state index in [4.69, 9.17) is 0 Å². The summed E-state index contributed by atoms with van der Waals surface area (Å²) in [5.74, 6) is 4.10. The molecule has 0 aliphatic heterocycles. The smallest absolute Gasteiger partial charge is 0.159 e. The number of allylic oxidation sites excluding steroid dienone is 6. The van der Waals surface area contributed by atoms with Crippen molar-refractivity contribution < 1.29 is 4.79 Å². The van der Waals surface area contributed by atoms with Gasteiger partial charge in [0.2, 0.25) is 0 Å². The van der Waals surface area contributed by atoms with Gasteiger partial charge in [-0.05, 0) is 110 Å². The molecule has 0 aromatic rings. The second-order valence-corrected chi connectivity index (χ2v) is 11.9. The summed E-state index contributed by atoms with van der Waals surface area (Å²) in [7, 11) is 0. The molecule has 4 rings (SSSR count). The van der Waals surface area contributed by atoms with Crippen LogP contribution in [0, 0.1) is 46.3 Å². The number of hydrogen-bond acceptors (Lipinski definition) is 1. The summed E-state index contributed by atoms with van der Waals surface area (Å²) in [5, 5.41) is 0. The van der Waals surface area contributed by atoms with Crippen LogP contribution in [0.2, 0.25) is 0 Å². The number of carbonyl (C=O) groups excluding carboxylic acids is 1. The van der Waals surface area contributed by atoms with Crippen LogP contribution in [0.25, 0.3) is 0 Å². The van der Waals surface area contributed by atoms with Crippen LogP contribution in [-0.2, 0) is 4.79 Å². The van der Waals surface area contributed by atoms with Gasteiger partial charge in [0.1, 0.15) is 0 Å². The van der Waals surface area contributed by atoms with Crippen molar-refractivity contribution in [2.24, 2.45) is 46.3 Å². The van der Waals surface area contributed by atoms with Crippen molar-refractivity contribution in [3.8, 4) is 0 Å². The van der Waals surface area contributed by atoms with Gasteiger partial charge in [0.05, 0.1) is 0 Å². The summed E-state index contributed by atoms with van der Waals surface area (Å²) in [6.07, 6.45) is 19.1. The van der Waals surface area contributed by atoms with Crippen LogP contribution < -0.4 is 0 Å². The second kappa shape index (κ2) is 8.10. The van der Waals surface area contributed by atoms with Crippen LogP contribution in [0.4, 0.5) is 0 Å². The van der Waals surface area contributed by atoms with E-state index in [1.165, 1.54) is 56.9 Å². The van der Waals surface area contributed by atoms with Crippen molar-refractivity contribution in [2.45, 2.75) is 92.9 Å². The maximum absolute atomic E-state index is 13.4. The molecule has 0 amide bonds. The highest BCUT2D eigenvalue weighted by Crippen LogP contribution is 2.66. The van der Waals surface area contributed by atoms with E-state index in [9.17, 15) is 4.79 Å². The largest absolute Gasteiger partial charge is 0.295 e. The molecule has 0 spiro atoms. The maximum Gasteiger partial charge on any atom is 0.159 e. The molecule has 7 atom stereocenters. The van der Waals surface area contributed by atoms with E-state index in [1.807, 2.05) is 0 Å². The third-order valence-electron chi connectivity index (χ3n) is 10.3. The molecule has 2 saturated carbocycles. The van der Waals surface area contributed by atoms with Gasteiger partial charge in [0.15, 0.2) is 5.78 Å². The number of carbonyl (C=O) groups is 1. The standard InChI is InChI=1S/C29H44O/c1-7-21(19(2)3)12-11-20(4)23-13-14-24-27-25(15-17-29(23,24)6)28(5)16-9-8-10-22(28)18-26(27)30/h7-8,10,18-20,23-25,27H,9,11-17H2,1-6H3. The molecule has 4 aliphatic rings. The first kappa shape index (κ1) is 22.1. The van der Waals surface area contributed by atoms with E-state index in [1.54, 1.807) is 5.57 Å². The lowest BCUT2D eigenvalue weighted by molar-refractivity contribution is -0.133. The van der Waals surface area contributed by atoms with Crippen molar-refractivity contribution in [1.29, 1.82) is 0 Å². The Balaban J connectivity index is 1.54. The van der Waals surface area contributed by atoms with Crippen molar-refractivity contribution in [3.63, 3.8) is 0 Å². The van der Waals surface area contributed by atoms with E-state index in [-0.39, 0.29) is 11.3 Å². The van der Waals surface area contributed by atoms with E-state index >= 15 is 0 Å². The highest BCUT2D eigenvalue weighted by molar-refractivity contribution is 5.95. The predicted molar refractivity (Wildman–Crippen MR) is 127 cm³/mol. The zero-order valence-corrected chi connectivity index (χ0v) is 20.3. The van der Waals surface area contributed by atoms with Gasteiger partial charge in [-0.2, -0.15) is 0 Å². The van der Waals surface area contributed by atoms with Crippen LogP contribution in [0.5, 0.6) is 0 Å². The summed E-state index contributed by atoms with van der Waals surface area (Å²) in [6.45, 7) is 14.4. The zero-order chi connectivity index (χ0) is 21.7. The average molecular weight is 409 g/mol. The molecule has 0 N–H and O–H groups in total. The Morgan fingerprint density at radius 1 is 1.13 bits per heavy atom. The first-order chi connectivity index (χ1) is 14.2. The molecular formula is C29H44O. The number of fused-ring (bicyclic) bond motifs is 5. The third-order valence-corrected chi connectivity index (χ3v) is 10.3. The zero-order valence-electron chi connectivity index (χ0n) is 20.3. The lowest BCUT2D eigenvalue weighted by Crippen LogP contribution is -2.52. The fraction of sp³-hybridized carbons (Fsp3) is 0.759. The van der Waals surface area contributed by atoms with Gasteiger partial charge in [-0.1, -0.05) is 58.4 Å². The van der Waals surface area contributed by atoms with Crippen LogP contribution in [0.15, 0.2) is 35.5 Å². The van der Waals surface area contributed by atoms with Gasteiger partial charge >= 0.3 is 0 Å². The van der Waals surface area contributed by atoms with Gasteiger partial charge in [0, 0.05) is 5.92 Å². The first-order valence-corrected chi connectivity index (χ1v) is 12.8. The molecule has 7 unspecified atom stereocenters. The monoisotopic (exact) mass is 408 g/mol. The Labute approximate surface area is 185 Å². The molecule has 1 nitrogen and oxygen atoms in total. The Kier molecular flexibility index (Phi) is 5.97. The van der Waals surface area contributed by atoms with Crippen molar-refractivity contribution in [3.05, 3.63) is 35.5 Å². The van der Waals surface area contributed by atoms with Crippen LogP contribution in [-0.4, -0.2) is 5.78 Å². The molecule has 30 heavy (non-hydrogen) atoms. The predicted octanol–water partition coefficient (Wildman–Crippen LogP) is 7.93. The summed E-state index contributed by atoms with van der Waals surface area (Å²) in [6, 6.07) is 0. The normalized spacial score (nSPS) is 41.9. The van der Waals surface area contributed by atoms with Crippen molar-refractivity contribution in [2.75, 3.05) is 0 Å². The third kappa shape index (κ3) is 3.39. The molecule has 1 heteroatoms. The van der Waals surface area contributed by atoms with Gasteiger partial charge < -0.3 is 0 Å². The molecule has 0 saturated heterocycles. The highest BCUT2D eigenvalue weighted by Gasteiger charge is 2.60. The molecule has 4 aliphatic carbocycles. The molecule has 166 valence electrons. The minimum Gasteiger partial charge on any atom is -0.295 e. The number of ketones is 1. The topological polar surface area (TPSA) is 17.1 Å². The summed E-state index contributed by atoms with van der Waals surface area (Å²) in [4.78, 5) is 13.4. The first-order valence-electron chi connectivity index (χ1n) is 12.8. The molecule has 0 aromatic carbocycles. The SMILES string of the molecule is CC=C(CCC(C)C1CCC2C3C(=O)C=C4C=CCCC4(C)C3CCC12C)C(C)C. The second-order valence-electron chi connectivity index (χ2n) is 11.9. The van der Waals surface area contributed by atoms with Crippen LogP contribution in [0.3, 0.4) is 0 Å². The summed E-state index contributed by atoms with van der Waals surface area (Å²) >= 11 is 0. The molecule has 0 heterocycles. The fourth-order valence-electron chi connectivity index (χ4n) is 8.38. The van der Waals surface area contributed by atoms with Gasteiger partial charge in [0.25, 0.3) is 0 Å². The molecule has 0 bridgehead atoms. The molecular weight excluding hydrogens is 364 g/mol. The fourth-order valence-corrected chi connectivity index (χ4v) is 8.38. The van der Waals surface area contributed by atoms with E-state index < -0.39 is 0 Å². The lowest BCUT2D eigenvalue weighted by atomic mass is 9.47. The quantitative estimate of drug-likeness (QED) is 0.422. The van der Waals surface area contributed by atoms with Crippen molar-refractivity contribution in [1.82, 2.24) is 0 Å². The summed E-state index contributed by atoms with van der Waals surface area (Å²) < 4.78 is 0. The maximum atomic E-state index is 13.4. The van der Waals surface area contributed by atoms with Gasteiger partial charge in [-0.25, -0.2) is 0 Å². The number of rotatable bonds is 5. The lowest BCUT2D eigenvalue weighted by Gasteiger charge is -2.56. The minimum absolute atomic E-state index is 0.233. The van der Waals surface area contributed by atoms with Gasteiger partial charge in [-0.3, -0.25) is 4.79 Å².